The third-order valence-corrected chi connectivity index (χ3v) is 5.02. The van der Waals surface area contributed by atoms with Crippen molar-refractivity contribution in [3.63, 3.8) is 0 Å². The fourth-order valence-electron chi connectivity index (χ4n) is 2.77. The van der Waals surface area contributed by atoms with Crippen LogP contribution in [-0.2, 0) is 6.42 Å². The zero-order chi connectivity index (χ0) is 13.1. The van der Waals surface area contributed by atoms with Crippen LogP contribution in [0.5, 0.6) is 0 Å². The van der Waals surface area contributed by atoms with Gasteiger partial charge in [0.25, 0.3) is 0 Å². The molecule has 1 aliphatic carbocycles. The molecule has 100 valence electrons. The van der Waals surface area contributed by atoms with E-state index in [2.05, 4.69) is 53.5 Å². The quantitative estimate of drug-likeness (QED) is 0.843. The summed E-state index contributed by atoms with van der Waals surface area (Å²) in [6.07, 6.45) is 5.24. The van der Waals surface area contributed by atoms with Crippen molar-refractivity contribution in [2.75, 3.05) is 7.05 Å². The maximum Gasteiger partial charge on any atom is 0.0358 e. The highest BCUT2D eigenvalue weighted by Crippen LogP contribution is 2.36. The first-order valence-corrected chi connectivity index (χ1v) is 8.09. The Morgan fingerprint density at radius 3 is 2.53 bits per heavy atom. The summed E-state index contributed by atoms with van der Waals surface area (Å²) in [4.78, 5) is 0. The molecule has 1 aliphatic rings. The molecule has 1 aromatic heterocycles. The Hall–Kier alpha value is -1.12. The number of hydrogen-bond donors (Lipinski definition) is 1. The number of nitrogens with one attached hydrogen (secondary N) is 1. The summed E-state index contributed by atoms with van der Waals surface area (Å²) < 4.78 is 0. The van der Waals surface area contributed by atoms with Gasteiger partial charge in [-0.25, -0.2) is 0 Å². The van der Waals surface area contributed by atoms with Gasteiger partial charge in [0.2, 0.25) is 0 Å². The average Bonchev–Trinajstić information content (AvgIpc) is 2.88. The summed E-state index contributed by atoms with van der Waals surface area (Å²) >= 11 is 1.78. The number of hydrogen-bond acceptors (Lipinski definition) is 2. The van der Waals surface area contributed by atoms with Crippen molar-refractivity contribution in [3.05, 3.63) is 57.8 Å². The van der Waals surface area contributed by atoms with Crippen LogP contribution in [0.15, 0.2) is 41.1 Å². The van der Waals surface area contributed by atoms with Gasteiger partial charge in [-0.1, -0.05) is 30.7 Å². The normalized spacial score (nSPS) is 17.1. The van der Waals surface area contributed by atoms with Gasteiger partial charge >= 0.3 is 0 Å². The smallest absolute Gasteiger partial charge is 0.0358 e. The van der Waals surface area contributed by atoms with Crippen LogP contribution in [-0.4, -0.2) is 7.05 Å². The lowest BCUT2D eigenvalue weighted by molar-refractivity contribution is 0.419. The third kappa shape index (κ3) is 2.90. The van der Waals surface area contributed by atoms with Gasteiger partial charge in [-0.05, 0) is 65.7 Å². The molecular formula is C17H21NS. The first-order valence-electron chi connectivity index (χ1n) is 7.15. The van der Waals surface area contributed by atoms with Gasteiger partial charge in [-0.15, -0.1) is 0 Å². The minimum absolute atomic E-state index is 0.421. The monoisotopic (exact) mass is 271 g/mol. The van der Waals surface area contributed by atoms with Crippen molar-refractivity contribution < 1.29 is 0 Å². The average molecular weight is 271 g/mol. The molecule has 2 aromatic rings. The van der Waals surface area contributed by atoms with E-state index in [9.17, 15) is 0 Å². The van der Waals surface area contributed by atoms with E-state index in [-0.39, 0.29) is 0 Å². The van der Waals surface area contributed by atoms with Crippen molar-refractivity contribution >= 4 is 11.3 Å². The molecular weight excluding hydrogens is 250 g/mol. The maximum atomic E-state index is 3.44. The van der Waals surface area contributed by atoms with Gasteiger partial charge in [0.1, 0.15) is 0 Å². The van der Waals surface area contributed by atoms with E-state index in [4.69, 9.17) is 0 Å². The van der Waals surface area contributed by atoms with Gasteiger partial charge < -0.3 is 5.32 Å². The van der Waals surface area contributed by atoms with Crippen LogP contribution in [0, 0.1) is 0 Å². The van der Waals surface area contributed by atoms with Crippen LogP contribution < -0.4 is 5.32 Å². The molecule has 1 fully saturated rings. The van der Waals surface area contributed by atoms with Gasteiger partial charge in [0, 0.05) is 6.04 Å². The Balaban J connectivity index is 1.71. The minimum atomic E-state index is 0.421. The van der Waals surface area contributed by atoms with E-state index >= 15 is 0 Å². The second-order valence-corrected chi connectivity index (χ2v) is 6.25. The standard InChI is InChI=1S/C17H21NS/c1-18-17(11-13-9-10-19-12-13)16-7-5-15(6-8-16)14-3-2-4-14/h5-10,12,14,17-18H,2-4,11H2,1H3. The van der Waals surface area contributed by atoms with Crippen molar-refractivity contribution in [1.82, 2.24) is 5.32 Å². The second kappa shape index (κ2) is 5.89. The Kier molecular flexibility index (Phi) is 4.00. The lowest BCUT2D eigenvalue weighted by Gasteiger charge is -2.26. The molecule has 1 saturated carbocycles. The van der Waals surface area contributed by atoms with E-state index < -0.39 is 0 Å². The molecule has 1 nitrogen and oxygen atoms in total. The predicted octanol–water partition coefficient (Wildman–Crippen LogP) is 4.52. The molecule has 0 bridgehead atoms. The summed E-state index contributed by atoms with van der Waals surface area (Å²) in [7, 11) is 2.05. The fraction of sp³-hybridized carbons (Fsp3) is 0.412. The second-order valence-electron chi connectivity index (χ2n) is 5.47. The van der Waals surface area contributed by atoms with E-state index in [0.29, 0.717) is 6.04 Å². The Morgan fingerprint density at radius 1 is 1.21 bits per heavy atom. The number of rotatable bonds is 5. The van der Waals surface area contributed by atoms with E-state index in [1.807, 2.05) is 0 Å². The fourth-order valence-corrected chi connectivity index (χ4v) is 3.45. The SMILES string of the molecule is CNC(Cc1ccsc1)c1ccc(C2CCC2)cc1. The largest absolute Gasteiger partial charge is 0.313 e. The minimum Gasteiger partial charge on any atom is -0.313 e. The molecule has 0 amide bonds. The molecule has 3 rings (SSSR count). The maximum absolute atomic E-state index is 3.44. The number of benzene rings is 1. The van der Waals surface area contributed by atoms with Crippen molar-refractivity contribution in [3.8, 4) is 0 Å². The highest BCUT2D eigenvalue weighted by atomic mass is 32.1. The molecule has 0 aliphatic heterocycles. The van der Waals surface area contributed by atoms with Gasteiger partial charge in [0.15, 0.2) is 0 Å². The first-order chi connectivity index (χ1) is 9.36. The number of likely N-dealkylation sites (N-methyl/N-ethyl adjacent to an activating group) is 1. The van der Waals surface area contributed by atoms with Crippen molar-refractivity contribution in [2.24, 2.45) is 0 Å². The van der Waals surface area contributed by atoms with Crippen LogP contribution >= 0.6 is 11.3 Å². The van der Waals surface area contributed by atoms with Gasteiger partial charge in [-0.3, -0.25) is 0 Å². The molecule has 2 heteroatoms. The summed E-state index contributed by atoms with van der Waals surface area (Å²) in [5.41, 5.74) is 4.35. The molecule has 0 saturated heterocycles. The zero-order valence-corrected chi connectivity index (χ0v) is 12.2. The summed E-state index contributed by atoms with van der Waals surface area (Å²) in [6.45, 7) is 0. The Morgan fingerprint density at radius 2 is 2.00 bits per heavy atom. The van der Waals surface area contributed by atoms with Crippen LogP contribution in [0.25, 0.3) is 0 Å². The van der Waals surface area contributed by atoms with Gasteiger partial charge in [-0.2, -0.15) is 11.3 Å². The van der Waals surface area contributed by atoms with E-state index in [0.717, 1.165) is 12.3 Å². The molecule has 1 aromatic carbocycles. The molecule has 1 N–H and O–H groups in total. The van der Waals surface area contributed by atoms with Gasteiger partial charge in [0.05, 0.1) is 0 Å². The van der Waals surface area contributed by atoms with E-state index in [1.165, 1.54) is 36.0 Å². The summed E-state index contributed by atoms with van der Waals surface area (Å²) in [5, 5.41) is 7.84. The lowest BCUT2D eigenvalue weighted by atomic mass is 9.80. The molecule has 1 heterocycles. The highest BCUT2D eigenvalue weighted by molar-refractivity contribution is 7.07. The van der Waals surface area contributed by atoms with Crippen LogP contribution in [0.4, 0.5) is 0 Å². The van der Waals surface area contributed by atoms with Crippen molar-refractivity contribution in [1.29, 1.82) is 0 Å². The highest BCUT2D eigenvalue weighted by Gasteiger charge is 2.19. The lowest BCUT2D eigenvalue weighted by Crippen LogP contribution is -2.18. The summed E-state index contributed by atoms with van der Waals surface area (Å²) in [5.74, 6) is 0.832. The molecule has 1 atom stereocenters. The van der Waals surface area contributed by atoms with Crippen molar-refractivity contribution in [2.45, 2.75) is 37.6 Å². The predicted molar refractivity (Wildman–Crippen MR) is 82.9 cm³/mol. The van der Waals surface area contributed by atoms with Crippen LogP contribution in [0.2, 0.25) is 0 Å². The molecule has 0 radical (unpaired) electrons. The number of thiophene rings is 1. The Labute approximate surface area is 119 Å². The summed E-state index contributed by atoms with van der Waals surface area (Å²) in [6, 6.07) is 11.9. The topological polar surface area (TPSA) is 12.0 Å². The first kappa shape index (κ1) is 12.9. The Bertz CT molecular complexity index is 497. The third-order valence-electron chi connectivity index (χ3n) is 4.28. The zero-order valence-electron chi connectivity index (χ0n) is 11.4. The molecule has 0 spiro atoms. The van der Waals surface area contributed by atoms with Crippen LogP contribution in [0.3, 0.4) is 0 Å². The van der Waals surface area contributed by atoms with E-state index in [1.54, 1.807) is 11.3 Å². The molecule has 1 unspecified atom stereocenters. The van der Waals surface area contributed by atoms with Crippen LogP contribution in [0.1, 0.15) is 47.9 Å². The molecule has 19 heavy (non-hydrogen) atoms.